The molecule has 0 N–H and O–H groups in total. The molecule has 3 aliphatic rings. The van der Waals surface area contributed by atoms with E-state index in [-0.39, 0.29) is 17.7 Å². The van der Waals surface area contributed by atoms with E-state index in [0.29, 0.717) is 51.4 Å². The molecule has 7 nitrogen and oxygen atoms in total. The van der Waals surface area contributed by atoms with Gasteiger partial charge in [-0.3, -0.25) is 9.78 Å². The van der Waals surface area contributed by atoms with E-state index in [1.165, 1.54) is 34.3 Å². The van der Waals surface area contributed by atoms with Crippen molar-refractivity contribution in [3.63, 3.8) is 0 Å². The Kier molecular flexibility index (Phi) is 9.27. The van der Waals surface area contributed by atoms with Gasteiger partial charge in [0.1, 0.15) is 0 Å². The van der Waals surface area contributed by atoms with E-state index in [1.54, 1.807) is 0 Å². The number of pyridine rings is 1. The highest BCUT2D eigenvalue weighted by atomic mass is 79.9. The predicted molar refractivity (Wildman–Crippen MR) is 167 cm³/mol. The number of amides is 1. The molecule has 2 aliphatic heterocycles. The summed E-state index contributed by atoms with van der Waals surface area (Å²) in [5.41, 5.74) is 4.91. The zero-order chi connectivity index (χ0) is 28.8. The van der Waals surface area contributed by atoms with Crippen LogP contribution in [0, 0.1) is 11.8 Å². The average molecular weight is 736 g/mol. The fourth-order valence-electron chi connectivity index (χ4n) is 6.51. The normalized spacial score (nSPS) is 21.5. The number of rotatable bonds is 5. The summed E-state index contributed by atoms with van der Waals surface area (Å²) in [5, 5.41) is 0.728. The second-order valence-corrected chi connectivity index (χ2v) is 21.8. The maximum absolute atomic E-state index is 13.3. The van der Waals surface area contributed by atoms with E-state index in [9.17, 15) is 17.8 Å². The van der Waals surface area contributed by atoms with Crippen LogP contribution < -0.4 is 0 Å². The Morgan fingerprint density at radius 3 is 2.33 bits per heavy atom. The minimum Gasteiger partial charge on any atom is -0.343 e. The van der Waals surface area contributed by atoms with Gasteiger partial charge in [0.2, 0.25) is 12.3 Å². The minimum atomic E-state index is -3.77. The summed E-state index contributed by atoms with van der Waals surface area (Å²) >= 11 is 13.9. The molecule has 0 bridgehead atoms. The summed E-state index contributed by atoms with van der Waals surface area (Å²) in [6, 6.07) is 6.25. The molecular weight excluding hydrogens is 701 g/mol. The van der Waals surface area contributed by atoms with Crippen LogP contribution in [0.2, 0.25) is 5.02 Å². The number of aromatic nitrogens is 1. The number of hydrogen-bond acceptors (Lipinski definition) is 5. The molecule has 0 unspecified atom stereocenters. The molecule has 40 heavy (non-hydrogen) atoms. The summed E-state index contributed by atoms with van der Waals surface area (Å²) in [5.74, 6) is 0.767. The Bertz CT molecular complexity index is 1450. The van der Waals surface area contributed by atoms with Gasteiger partial charge in [0.25, 0.3) is 9.64 Å². The van der Waals surface area contributed by atoms with Crippen molar-refractivity contribution in [3.8, 4) is 0 Å². The predicted octanol–water partition coefficient (Wildman–Crippen LogP) is 6.70. The maximum atomic E-state index is 13.3. The Labute approximate surface area is 258 Å². The quantitative estimate of drug-likeness (QED) is 0.319. The van der Waals surface area contributed by atoms with Crippen LogP contribution in [0.25, 0.3) is 0 Å². The first-order chi connectivity index (χ1) is 18.8. The van der Waals surface area contributed by atoms with Crippen LogP contribution >= 0.6 is 49.8 Å². The lowest BCUT2D eigenvalue weighted by Crippen LogP contribution is -2.42. The molecule has 2 fully saturated rings. The first kappa shape index (κ1) is 30.7. The number of benzene rings is 1. The van der Waals surface area contributed by atoms with Crippen molar-refractivity contribution in [1.82, 2.24) is 14.2 Å². The number of hydrogen-bond donors (Lipinski definition) is 0. The van der Waals surface area contributed by atoms with Gasteiger partial charge in [-0.15, -0.1) is 0 Å². The molecule has 1 aromatic carbocycles. The molecule has 1 aromatic heterocycles. The molecule has 5 rings (SSSR count). The lowest BCUT2D eigenvalue weighted by molar-refractivity contribution is -0.133. The second-order valence-electron chi connectivity index (χ2n) is 11.6. The molecule has 1 aliphatic carbocycles. The zero-order valence-corrected chi connectivity index (χ0v) is 28.4. The van der Waals surface area contributed by atoms with Crippen molar-refractivity contribution >= 4 is 65.4 Å². The van der Waals surface area contributed by atoms with Crippen molar-refractivity contribution in [3.05, 3.63) is 60.7 Å². The van der Waals surface area contributed by atoms with E-state index >= 15 is 0 Å². The molecule has 2 saturated heterocycles. The summed E-state index contributed by atoms with van der Waals surface area (Å²) in [6.45, 7) is 4.67. The van der Waals surface area contributed by atoms with Gasteiger partial charge in [0.15, 0.2) is 0 Å². The number of fused-ring (bicyclic) bond motifs is 2. The van der Waals surface area contributed by atoms with Gasteiger partial charge in [-0.05, 0) is 101 Å². The van der Waals surface area contributed by atoms with Gasteiger partial charge >= 0.3 is 0 Å². The van der Waals surface area contributed by atoms with Crippen LogP contribution in [-0.4, -0.2) is 68.0 Å². The third kappa shape index (κ3) is 6.28. The van der Waals surface area contributed by atoms with Crippen LogP contribution in [0.15, 0.2) is 33.3 Å². The summed E-state index contributed by atoms with van der Waals surface area (Å²) in [6.07, 6.45) is 3.88. The lowest BCUT2D eigenvalue weighted by Gasteiger charge is -2.38. The highest BCUT2D eigenvalue weighted by Crippen LogP contribution is 2.48. The summed E-state index contributed by atoms with van der Waals surface area (Å²) in [7, 11) is -3.77. The van der Waals surface area contributed by atoms with E-state index in [0.717, 1.165) is 45.3 Å². The topological polar surface area (TPSA) is 87.7 Å². The molecule has 0 saturated carbocycles. The molecule has 2 aromatic rings. The van der Waals surface area contributed by atoms with E-state index in [2.05, 4.69) is 44.0 Å². The molecule has 1 atom stereocenters. The van der Waals surface area contributed by atoms with E-state index < -0.39 is 16.0 Å². The van der Waals surface area contributed by atoms with Crippen molar-refractivity contribution in [2.75, 3.05) is 39.5 Å². The fraction of sp³-hybridized carbons (Fsp3) is 0.571. The lowest BCUT2D eigenvalue weighted by atomic mass is 9.76. The van der Waals surface area contributed by atoms with Gasteiger partial charge in [0, 0.05) is 72.0 Å². The van der Waals surface area contributed by atoms with Crippen LogP contribution in [0.5, 0.6) is 0 Å². The Morgan fingerprint density at radius 1 is 1.02 bits per heavy atom. The number of halogens is 3. The number of aryl methyl sites for hydroxylation is 2. The number of piperidine rings is 2. The molecule has 3 heterocycles. The van der Waals surface area contributed by atoms with Crippen molar-refractivity contribution in [1.29, 1.82) is 0 Å². The van der Waals surface area contributed by atoms with Gasteiger partial charge in [-0.25, -0.2) is 8.42 Å². The first-order valence-electron chi connectivity index (χ1n) is 13.8. The number of likely N-dealkylation sites (tertiary alicyclic amines) is 1. The van der Waals surface area contributed by atoms with Crippen LogP contribution in [-0.2, 0) is 31.8 Å². The Balaban J connectivity index is 1.26. The Hall–Kier alpha value is -0.770. The minimum absolute atomic E-state index is 0.129. The van der Waals surface area contributed by atoms with E-state index in [1.807, 2.05) is 17.2 Å². The molecule has 12 heteroatoms. The third-order valence-corrected chi connectivity index (χ3v) is 16.2. The number of carbonyl (C=O) groups excluding carboxylic acids is 1. The van der Waals surface area contributed by atoms with Crippen molar-refractivity contribution in [2.24, 2.45) is 11.8 Å². The number of nitrogens with zero attached hydrogens (tertiary/aromatic N) is 3. The molecule has 218 valence electrons. The summed E-state index contributed by atoms with van der Waals surface area (Å²) in [4.78, 5) is 20.2. The molecular formula is C28H35Br2ClN3O4PS. The molecule has 0 radical (unpaired) electrons. The molecule has 1 amide bonds. The van der Waals surface area contributed by atoms with Gasteiger partial charge in [0.05, 0.1) is 5.69 Å². The number of carbonyl (C=O) groups is 1. The van der Waals surface area contributed by atoms with Crippen molar-refractivity contribution in [2.45, 2.75) is 50.9 Å². The SMILES string of the molecule is CP(C)(=O)S(=O)(=O)N1CCC(CC(=O)N2CCC([C@H]3c4ncc(Br)cc4CCc4cc(Cl)cc(Br)c43)CC2)CC1. The molecule has 0 spiro atoms. The average Bonchev–Trinajstić information content (AvgIpc) is 3.05. The Morgan fingerprint density at radius 2 is 1.68 bits per heavy atom. The van der Waals surface area contributed by atoms with Crippen LogP contribution in [0.4, 0.5) is 0 Å². The monoisotopic (exact) mass is 733 g/mol. The van der Waals surface area contributed by atoms with Gasteiger partial charge in [-0.2, -0.15) is 4.31 Å². The summed E-state index contributed by atoms with van der Waals surface area (Å²) < 4.78 is 40.7. The largest absolute Gasteiger partial charge is 0.343 e. The first-order valence-corrected chi connectivity index (χ1v) is 20.4. The van der Waals surface area contributed by atoms with Crippen molar-refractivity contribution < 1.29 is 17.8 Å². The van der Waals surface area contributed by atoms with Gasteiger partial charge < -0.3 is 9.46 Å². The zero-order valence-electron chi connectivity index (χ0n) is 22.8. The standard InChI is InChI=1S/C28H35Br2ClN3O4PS/c1-39(2,36)40(37,38)34-11-5-18(6-12-34)13-25(35)33-9-7-19(8-10-33)27-26-20(15-23(31)16-24(26)30)3-4-21-14-22(29)17-32-28(21)27/h14-19,27H,3-13H2,1-2H3/t27-/m1/s1. The third-order valence-electron chi connectivity index (χ3n) is 8.70. The van der Waals surface area contributed by atoms with Crippen LogP contribution in [0.1, 0.15) is 60.4 Å². The highest BCUT2D eigenvalue weighted by Gasteiger charge is 2.39. The van der Waals surface area contributed by atoms with E-state index in [4.69, 9.17) is 16.6 Å². The smallest absolute Gasteiger partial charge is 0.264 e. The maximum Gasteiger partial charge on any atom is 0.264 e. The van der Waals surface area contributed by atoms with Crippen LogP contribution in [0.3, 0.4) is 0 Å². The second kappa shape index (κ2) is 12.1. The highest BCUT2D eigenvalue weighted by molar-refractivity contribution is 9.10. The fourth-order valence-corrected chi connectivity index (χ4v) is 11.4. The van der Waals surface area contributed by atoms with Gasteiger partial charge in [-0.1, -0.05) is 27.5 Å².